The molecule has 0 saturated heterocycles. The van der Waals surface area contributed by atoms with Gasteiger partial charge in [0, 0.05) is 23.1 Å². The average molecular weight is 283 g/mol. The van der Waals surface area contributed by atoms with Gasteiger partial charge in [-0.15, -0.1) is 0 Å². The molecule has 16 heavy (non-hydrogen) atoms. The van der Waals surface area contributed by atoms with E-state index >= 15 is 0 Å². The van der Waals surface area contributed by atoms with Crippen LogP contribution in [0, 0.1) is 0 Å². The predicted molar refractivity (Wildman–Crippen MR) is 71.3 cm³/mol. The zero-order valence-corrected chi connectivity index (χ0v) is 11.0. The summed E-state index contributed by atoms with van der Waals surface area (Å²) in [5.74, 6) is 0. The highest BCUT2D eigenvalue weighted by molar-refractivity contribution is 9.10. The first kappa shape index (κ1) is 12.1. The first-order valence-electron chi connectivity index (χ1n) is 6.00. The summed E-state index contributed by atoms with van der Waals surface area (Å²) in [4.78, 5) is 0. The summed E-state index contributed by atoms with van der Waals surface area (Å²) >= 11 is 3.43. The maximum atomic E-state index is 6.15. The number of halogens is 1. The van der Waals surface area contributed by atoms with Crippen LogP contribution >= 0.6 is 15.9 Å². The van der Waals surface area contributed by atoms with Gasteiger partial charge < -0.3 is 11.1 Å². The Hall–Kier alpha value is -0.380. The lowest BCUT2D eigenvalue weighted by molar-refractivity contribution is 0.492. The van der Waals surface area contributed by atoms with Crippen LogP contribution in [0.1, 0.15) is 37.3 Å². The Kier molecular flexibility index (Phi) is 4.38. The Balaban J connectivity index is 1.82. The van der Waals surface area contributed by atoms with Gasteiger partial charge in [0.25, 0.3) is 0 Å². The van der Waals surface area contributed by atoms with Crippen molar-refractivity contribution in [3.63, 3.8) is 0 Å². The summed E-state index contributed by atoms with van der Waals surface area (Å²) in [7, 11) is 0. The van der Waals surface area contributed by atoms with Crippen molar-refractivity contribution in [1.82, 2.24) is 5.32 Å². The third-order valence-electron chi connectivity index (χ3n) is 3.28. The van der Waals surface area contributed by atoms with Crippen molar-refractivity contribution in [2.24, 2.45) is 5.73 Å². The maximum Gasteiger partial charge on any atom is 0.0421 e. The second-order valence-electron chi connectivity index (χ2n) is 4.55. The highest BCUT2D eigenvalue weighted by Gasteiger charge is 2.15. The summed E-state index contributed by atoms with van der Waals surface area (Å²) in [6.07, 6.45) is 5.36. The topological polar surface area (TPSA) is 38.0 Å². The van der Waals surface area contributed by atoms with Gasteiger partial charge in [-0.05, 0) is 30.5 Å². The lowest BCUT2D eigenvalue weighted by Crippen LogP contribution is -2.33. The SMILES string of the molecule is NC(CNC1CCCC1)c1ccc(Br)cc1. The van der Waals surface area contributed by atoms with Crippen LogP contribution in [-0.2, 0) is 0 Å². The third kappa shape index (κ3) is 3.30. The van der Waals surface area contributed by atoms with Crippen LogP contribution in [0.4, 0.5) is 0 Å². The van der Waals surface area contributed by atoms with Crippen molar-refractivity contribution < 1.29 is 0 Å². The van der Waals surface area contributed by atoms with E-state index in [1.165, 1.54) is 31.2 Å². The summed E-state index contributed by atoms with van der Waals surface area (Å²) in [6.45, 7) is 0.881. The minimum Gasteiger partial charge on any atom is -0.323 e. The average Bonchev–Trinajstić information content (AvgIpc) is 2.80. The molecule has 3 heteroatoms. The second kappa shape index (κ2) is 5.80. The van der Waals surface area contributed by atoms with E-state index in [2.05, 4.69) is 33.4 Å². The number of hydrogen-bond acceptors (Lipinski definition) is 2. The standard InChI is InChI=1S/C13H19BrN2/c14-11-7-5-10(6-8-11)13(15)9-16-12-3-1-2-4-12/h5-8,12-13,16H,1-4,9,15H2. The summed E-state index contributed by atoms with van der Waals surface area (Å²) in [5.41, 5.74) is 7.35. The summed E-state index contributed by atoms with van der Waals surface area (Å²) in [6, 6.07) is 9.07. The van der Waals surface area contributed by atoms with Gasteiger partial charge in [0.2, 0.25) is 0 Å². The number of rotatable bonds is 4. The first-order chi connectivity index (χ1) is 7.75. The van der Waals surface area contributed by atoms with E-state index in [4.69, 9.17) is 5.73 Å². The third-order valence-corrected chi connectivity index (χ3v) is 3.81. The molecular formula is C13H19BrN2. The lowest BCUT2D eigenvalue weighted by atomic mass is 10.1. The van der Waals surface area contributed by atoms with Gasteiger partial charge in [-0.3, -0.25) is 0 Å². The van der Waals surface area contributed by atoms with Gasteiger partial charge in [0.15, 0.2) is 0 Å². The Bertz CT molecular complexity index is 317. The van der Waals surface area contributed by atoms with Gasteiger partial charge in [0.05, 0.1) is 0 Å². The van der Waals surface area contributed by atoms with Crippen molar-refractivity contribution in [2.45, 2.75) is 37.8 Å². The molecule has 0 aliphatic heterocycles. The zero-order chi connectivity index (χ0) is 11.4. The Morgan fingerprint density at radius 1 is 1.25 bits per heavy atom. The van der Waals surface area contributed by atoms with Crippen molar-refractivity contribution in [1.29, 1.82) is 0 Å². The van der Waals surface area contributed by atoms with Crippen LogP contribution in [0.25, 0.3) is 0 Å². The van der Waals surface area contributed by atoms with Gasteiger partial charge >= 0.3 is 0 Å². The fraction of sp³-hybridized carbons (Fsp3) is 0.538. The van der Waals surface area contributed by atoms with E-state index in [1.54, 1.807) is 0 Å². The van der Waals surface area contributed by atoms with Gasteiger partial charge in [-0.1, -0.05) is 40.9 Å². The Labute approximate surface area is 106 Å². The molecule has 2 nitrogen and oxygen atoms in total. The molecule has 1 saturated carbocycles. The van der Waals surface area contributed by atoms with E-state index in [1.807, 2.05) is 12.1 Å². The van der Waals surface area contributed by atoms with Crippen LogP contribution in [0.15, 0.2) is 28.7 Å². The van der Waals surface area contributed by atoms with Crippen LogP contribution in [0.3, 0.4) is 0 Å². The van der Waals surface area contributed by atoms with Crippen molar-refractivity contribution in [3.8, 4) is 0 Å². The normalized spacial score (nSPS) is 18.9. The number of benzene rings is 1. The molecule has 0 aromatic heterocycles. The quantitative estimate of drug-likeness (QED) is 0.891. The molecule has 1 atom stereocenters. The van der Waals surface area contributed by atoms with Crippen molar-refractivity contribution in [3.05, 3.63) is 34.3 Å². The summed E-state index contributed by atoms with van der Waals surface area (Å²) in [5, 5.41) is 3.56. The molecule has 1 aliphatic carbocycles. The van der Waals surface area contributed by atoms with Crippen LogP contribution in [-0.4, -0.2) is 12.6 Å². The molecule has 1 unspecified atom stereocenters. The van der Waals surface area contributed by atoms with Crippen LogP contribution in [0.5, 0.6) is 0 Å². The molecule has 2 rings (SSSR count). The van der Waals surface area contributed by atoms with Crippen LogP contribution < -0.4 is 11.1 Å². The smallest absolute Gasteiger partial charge is 0.0421 e. The molecule has 1 fully saturated rings. The van der Waals surface area contributed by atoms with Crippen LogP contribution in [0.2, 0.25) is 0 Å². The largest absolute Gasteiger partial charge is 0.323 e. The fourth-order valence-corrected chi connectivity index (χ4v) is 2.52. The predicted octanol–water partition coefficient (Wildman–Crippen LogP) is 2.98. The van der Waals surface area contributed by atoms with E-state index in [0.717, 1.165) is 11.0 Å². The molecule has 0 spiro atoms. The minimum atomic E-state index is 0.105. The Morgan fingerprint density at radius 3 is 2.50 bits per heavy atom. The van der Waals surface area contributed by atoms with Gasteiger partial charge in [-0.2, -0.15) is 0 Å². The first-order valence-corrected chi connectivity index (χ1v) is 6.79. The number of nitrogens with two attached hydrogens (primary N) is 1. The molecule has 0 amide bonds. The molecule has 3 N–H and O–H groups in total. The van der Waals surface area contributed by atoms with E-state index in [9.17, 15) is 0 Å². The molecular weight excluding hydrogens is 264 g/mol. The highest BCUT2D eigenvalue weighted by atomic mass is 79.9. The maximum absolute atomic E-state index is 6.15. The number of hydrogen-bond donors (Lipinski definition) is 2. The zero-order valence-electron chi connectivity index (χ0n) is 9.45. The number of nitrogens with one attached hydrogen (secondary N) is 1. The molecule has 0 radical (unpaired) electrons. The monoisotopic (exact) mass is 282 g/mol. The molecule has 0 bridgehead atoms. The van der Waals surface area contributed by atoms with E-state index in [-0.39, 0.29) is 6.04 Å². The minimum absolute atomic E-state index is 0.105. The molecule has 1 aromatic carbocycles. The van der Waals surface area contributed by atoms with Crippen molar-refractivity contribution >= 4 is 15.9 Å². The lowest BCUT2D eigenvalue weighted by Gasteiger charge is -2.17. The highest BCUT2D eigenvalue weighted by Crippen LogP contribution is 2.19. The van der Waals surface area contributed by atoms with Gasteiger partial charge in [-0.25, -0.2) is 0 Å². The van der Waals surface area contributed by atoms with Gasteiger partial charge in [0.1, 0.15) is 0 Å². The second-order valence-corrected chi connectivity index (χ2v) is 5.46. The molecule has 0 heterocycles. The molecule has 1 aromatic rings. The van der Waals surface area contributed by atoms with Crippen molar-refractivity contribution in [2.75, 3.05) is 6.54 Å². The Morgan fingerprint density at radius 2 is 1.88 bits per heavy atom. The van der Waals surface area contributed by atoms with E-state index in [0.29, 0.717) is 6.04 Å². The summed E-state index contributed by atoms with van der Waals surface area (Å²) < 4.78 is 1.10. The molecule has 1 aliphatic rings. The molecule has 88 valence electrons. The van der Waals surface area contributed by atoms with E-state index < -0.39 is 0 Å². The fourth-order valence-electron chi connectivity index (χ4n) is 2.25.